The van der Waals surface area contributed by atoms with Gasteiger partial charge >= 0.3 is 0 Å². The Bertz CT molecular complexity index is 1130. The molecule has 3 aromatic rings. The molecule has 5 nitrogen and oxygen atoms in total. The average molecular weight is 425 g/mol. The van der Waals surface area contributed by atoms with Crippen LogP contribution >= 0.6 is 23.1 Å². The van der Waals surface area contributed by atoms with Crippen LogP contribution in [0.1, 0.15) is 18.4 Å². The summed E-state index contributed by atoms with van der Waals surface area (Å²) in [5.74, 6) is 5.80. The van der Waals surface area contributed by atoms with Gasteiger partial charge in [0, 0.05) is 24.3 Å². The summed E-state index contributed by atoms with van der Waals surface area (Å²) in [5.41, 5.74) is 2.20. The molecule has 0 unspecified atom stereocenters. The van der Waals surface area contributed by atoms with Gasteiger partial charge in [-0.25, -0.2) is 0 Å². The molecule has 29 heavy (non-hydrogen) atoms. The number of aromatic nitrogens is 1. The molecule has 0 N–H and O–H groups in total. The maximum absolute atomic E-state index is 12.4. The second-order valence-corrected chi connectivity index (χ2v) is 8.61. The Labute approximate surface area is 177 Å². The summed E-state index contributed by atoms with van der Waals surface area (Å²) in [6.45, 7) is 0.568. The highest BCUT2D eigenvalue weighted by Gasteiger charge is 2.17. The summed E-state index contributed by atoms with van der Waals surface area (Å²) >= 11 is 3.27. The minimum Gasteiger partial charge on any atom is -0.454 e. The summed E-state index contributed by atoms with van der Waals surface area (Å²) in [7, 11) is 0. The van der Waals surface area contributed by atoms with Gasteiger partial charge in [-0.05, 0) is 17.7 Å². The summed E-state index contributed by atoms with van der Waals surface area (Å²) in [6.07, 6.45) is 6.76. The summed E-state index contributed by atoms with van der Waals surface area (Å²) in [4.78, 5) is 17.3. The minimum absolute atomic E-state index is 0.123. The molecule has 148 valence electrons. The Kier molecular flexibility index (Phi) is 6.23. The van der Waals surface area contributed by atoms with Gasteiger partial charge in [0.25, 0.3) is 0 Å². The molecule has 0 aliphatic carbocycles. The molecule has 2 heterocycles. The van der Waals surface area contributed by atoms with E-state index in [1.54, 1.807) is 0 Å². The zero-order valence-electron chi connectivity index (χ0n) is 15.8. The molecule has 1 aliphatic heterocycles. The zero-order chi connectivity index (χ0) is 20.1. The number of hydrogen-bond donors (Lipinski definition) is 0. The molecule has 0 saturated carbocycles. The largest absolute Gasteiger partial charge is 0.454 e. The number of carbonyl (C=O) groups excluding carboxylic acids is 1. The van der Waals surface area contributed by atoms with Crippen LogP contribution in [0.4, 0.5) is 0 Å². The highest BCUT2D eigenvalue weighted by atomic mass is 32.2. The molecule has 1 amide bonds. The first kappa shape index (κ1) is 19.6. The molecule has 0 fully saturated rings. The second kappa shape index (κ2) is 9.21. The van der Waals surface area contributed by atoms with Crippen molar-refractivity contribution >= 4 is 39.2 Å². The molecule has 0 atom stereocenters. The number of amides is 1. The van der Waals surface area contributed by atoms with Gasteiger partial charge in [-0.15, -0.1) is 6.42 Å². The number of ether oxygens (including phenoxy) is 2. The number of rotatable bonds is 7. The lowest BCUT2D eigenvalue weighted by Crippen LogP contribution is -2.16. The van der Waals surface area contributed by atoms with Gasteiger partial charge < -0.3 is 14.0 Å². The molecule has 0 radical (unpaired) electrons. The van der Waals surface area contributed by atoms with Crippen LogP contribution in [0.15, 0.2) is 47.5 Å². The Balaban J connectivity index is 1.42. The fourth-order valence-corrected chi connectivity index (χ4v) is 5.02. The highest BCUT2D eigenvalue weighted by Crippen LogP contribution is 2.36. The average Bonchev–Trinajstić information content (AvgIpc) is 3.31. The molecule has 1 aromatic heterocycles. The van der Waals surface area contributed by atoms with Crippen molar-refractivity contribution in [1.29, 1.82) is 0 Å². The number of thioether (sulfide) groups is 1. The minimum atomic E-state index is -0.123. The van der Waals surface area contributed by atoms with Crippen molar-refractivity contribution in [3.63, 3.8) is 0 Å². The topological polar surface area (TPSA) is 52.8 Å². The number of fused-ring (bicyclic) bond motifs is 2. The molecule has 0 bridgehead atoms. The van der Waals surface area contributed by atoms with Gasteiger partial charge in [-0.3, -0.25) is 4.79 Å². The Morgan fingerprint density at radius 3 is 2.83 bits per heavy atom. The summed E-state index contributed by atoms with van der Waals surface area (Å²) < 4.78 is 13.7. The molecule has 2 aromatic carbocycles. The number of hydrogen-bond acceptors (Lipinski definition) is 5. The van der Waals surface area contributed by atoms with Gasteiger partial charge in [0.2, 0.25) is 12.7 Å². The van der Waals surface area contributed by atoms with Crippen molar-refractivity contribution in [1.82, 2.24) is 4.57 Å². The number of nitrogens with zero attached hydrogens (tertiary/aromatic N) is 2. The van der Waals surface area contributed by atoms with E-state index in [1.807, 2.05) is 46.7 Å². The fourth-order valence-electron chi connectivity index (χ4n) is 3.04. The van der Waals surface area contributed by atoms with Crippen molar-refractivity contribution in [2.24, 2.45) is 4.99 Å². The van der Waals surface area contributed by atoms with Crippen molar-refractivity contribution in [2.75, 3.05) is 12.5 Å². The molecule has 1 aliphatic rings. The number of terminal acetylenes is 1. The van der Waals surface area contributed by atoms with Crippen molar-refractivity contribution in [3.05, 3.63) is 52.8 Å². The third kappa shape index (κ3) is 4.66. The van der Waals surface area contributed by atoms with Crippen LogP contribution in [-0.4, -0.2) is 23.0 Å². The van der Waals surface area contributed by atoms with E-state index in [0.29, 0.717) is 29.3 Å². The zero-order valence-corrected chi connectivity index (χ0v) is 17.4. The van der Waals surface area contributed by atoms with Crippen molar-refractivity contribution < 1.29 is 14.3 Å². The lowest BCUT2D eigenvalue weighted by molar-refractivity contribution is -0.118. The van der Waals surface area contributed by atoms with E-state index >= 15 is 0 Å². The van der Waals surface area contributed by atoms with Crippen LogP contribution in [0.3, 0.4) is 0 Å². The first-order valence-electron chi connectivity index (χ1n) is 9.30. The third-order valence-corrected chi connectivity index (χ3v) is 6.59. The lowest BCUT2D eigenvalue weighted by Gasteiger charge is -2.02. The summed E-state index contributed by atoms with van der Waals surface area (Å²) in [5, 5.41) is 0. The standard InChI is InChI=1S/C22H20N2O3S2/c1-2-10-24-17-12-18-19(27-15-26-18)13-20(17)29-22(24)23-21(25)9-6-11-28-14-16-7-4-3-5-8-16/h1,3-5,7-8,12-13H,6,9-11,14-15H2. The van der Waals surface area contributed by atoms with Gasteiger partial charge in [0.15, 0.2) is 16.3 Å². The van der Waals surface area contributed by atoms with Gasteiger partial charge in [0.1, 0.15) is 0 Å². The van der Waals surface area contributed by atoms with E-state index in [-0.39, 0.29) is 12.7 Å². The monoisotopic (exact) mass is 424 g/mol. The van der Waals surface area contributed by atoms with Gasteiger partial charge in [-0.1, -0.05) is 47.6 Å². The van der Waals surface area contributed by atoms with E-state index < -0.39 is 0 Å². The number of thiazole rings is 1. The normalized spacial score (nSPS) is 13.0. The van der Waals surface area contributed by atoms with Crippen LogP contribution < -0.4 is 14.3 Å². The Morgan fingerprint density at radius 2 is 2.03 bits per heavy atom. The quantitative estimate of drug-likeness (QED) is 0.421. The van der Waals surface area contributed by atoms with Crippen LogP contribution in [0.5, 0.6) is 11.5 Å². The van der Waals surface area contributed by atoms with Crippen molar-refractivity contribution in [2.45, 2.75) is 25.1 Å². The van der Waals surface area contributed by atoms with Crippen LogP contribution in [0, 0.1) is 12.3 Å². The maximum Gasteiger partial charge on any atom is 0.248 e. The van der Waals surface area contributed by atoms with E-state index in [1.165, 1.54) is 16.9 Å². The SMILES string of the molecule is C#CCn1c(=NC(=O)CCCSCc2ccccc2)sc2cc3c(cc21)OCO3. The Morgan fingerprint density at radius 1 is 1.24 bits per heavy atom. The van der Waals surface area contributed by atoms with E-state index in [4.69, 9.17) is 15.9 Å². The van der Waals surface area contributed by atoms with Crippen molar-refractivity contribution in [3.8, 4) is 23.8 Å². The second-order valence-electron chi connectivity index (χ2n) is 6.50. The first-order chi connectivity index (χ1) is 14.2. The molecule has 7 heteroatoms. The molecule has 4 rings (SSSR count). The molecular formula is C22H20N2O3S2. The summed E-state index contributed by atoms with van der Waals surface area (Å²) in [6, 6.07) is 14.1. The fraction of sp³-hybridized carbons (Fsp3) is 0.273. The molecule has 0 saturated heterocycles. The smallest absolute Gasteiger partial charge is 0.248 e. The van der Waals surface area contributed by atoms with Gasteiger partial charge in [-0.2, -0.15) is 16.8 Å². The highest BCUT2D eigenvalue weighted by molar-refractivity contribution is 7.98. The van der Waals surface area contributed by atoms with Crippen LogP contribution in [-0.2, 0) is 17.1 Å². The first-order valence-corrected chi connectivity index (χ1v) is 11.3. The predicted molar refractivity (Wildman–Crippen MR) is 117 cm³/mol. The predicted octanol–water partition coefficient (Wildman–Crippen LogP) is 4.21. The van der Waals surface area contributed by atoms with E-state index in [0.717, 1.165) is 28.1 Å². The number of benzene rings is 2. The molecular weight excluding hydrogens is 404 g/mol. The van der Waals surface area contributed by atoms with Crippen LogP contribution in [0.2, 0.25) is 0 Å². The van der Waals surface area contributed by atoms with Gasteiger partial charge in [0.05, 0.1) is 16.8 Å². The number of carbonyl (C=O) groups is 1. The third-order valence-electron chi connectivity index (χ3n) is 4.44. The van der Waals surface area contributed by atoms with E-state index in [2.05, 4.69) is 23.0 Å². The maximum atomic E-state index is 12.4. The lowest BCUT2D eigenvalue weighted by atomic mass is 10.2. The molecule has 0 spiro atoms. The van der Waals surface area contributed by atoms with Crippen LogP contribution in [0.25, 0.3) is 10.2 Å². The van der Waals surface area contributed by atoms with E-state index in [9.17, 15) is 4.79 Å². The Hall–Kier alpha value is -2.69.